The van der Waals surface area contributed by atoms with E-state index < -0.39 is 5.97 Å². The van der Waals surface area contributed by atoms with Gasteiger partial charge in [0.05, 0.1) is 23.4 Å². The highest BCUT2D eigenvalue weighted by molar-refractivity contribution is 6.36. The molecule has 0 amide bonds. The maximum atomic E-state index is 11.7. The van der Waals surface area contributed by atoms with Gasteiger partial charge in [0.2, 0.25) is 0 Å². The Morgan fingerprint density at radius 3 is 2.20 bits per heavy atom. The molecule has 6 nitrogen and oxygen atoms in total. The molecule has 4 aromatic carbocycles. The van der Waals surface area contributed by atoms with Crippen molar-refractivity contribution < 1.29 is 14.3 Å². The summed E-state index contributed by atoms with van der Waals surface area (Å²) in [5.41, 5.74) is 11.6. The lowest BCUT2D eigenvalue weighted by Gasteiger charge is -2.10. The normalized spacial score (nSPS) is 10.9. The van der Waals surface area contributed by atoms with Gasteiger partial charge in [-0.05, 0) is 66.1 Å². The Hall–Kier alpha value is -4.26. The van der Waals surface area contributed by atoms with Gasteiger partial charge in [0.15, 0.2) is 0 Å². The number of nitrogens with zero attached hydrogens (tertiary/aromatic N) is 2. The summed E-state index contributed by atoms with van der Waals surface area (Å²) in [7, 11) is 1.32. The van der Waals surface area contributed by atoms with Gasteiger partial charge < -0.3 is 19.8 Å². The van der Waals surface area contributed by atoms with Crippen molar-refractivity contribution in [2.24, 2.45) is 0 Å². The summed E-state index contributed by atoms with van der Waals surface area (Å²) >= 11 is 12.5. The standard InChI is InChI=1S/C32H27Cl2N3O3/c1-3-37-19-30(26-14-10-23(33)17-28(26)34)36-31(37)16-20-4-6-21(7-5-20)22-8-11-24(12-9-22)40-25-13-15-27(29(35)18-25)32(38)39-2/h4-15,17-19H,3,16,35H2,1-2H3. The fraction of sp³-hybridized carbons (Fsp3) is 0.125. The lowest BCUT2D eigenvalue weighted by molar-refractivity contribution is 0.0602. The average Bonchev–Trinajstić information content (AvgIpc) is 3.36. The van der Waals surface area contributed by atoms with E-state index in [4.69, 9.17) is 43.4 Å². The van der Waals surface area contributed by atoms with E-state index in [2.05, 4.69) is 35.8 Å². The van der Waals surface area contributed by atoms with Crippen molar-refractivity contribution in [2.45, 2.75) is 19.9 Å². The summed E-state index contributed by atoms with van der Waals surface area (Å²) < 4.78 is 12.8. The van der Waals surface area contributed by atoms with E-state index in [-0.39, 0.29) is 0 Å². The highest BCUT2D eigenvalue weighted by Gasteiger charge is 2.13. The molecule has 1 aromatic heterocycles. The van der Waals surface area contributed by atoms with Crippen molar-refractivity contribution in [3.63, 3.8) is 0 Å². The van der Waals surface area contributed by atoms with Gasteiger partial charge in [0.1, 0.15) is 17.3 Å². The van der Waals surface area contributed by atoms with E-state index in [1.165, 1.54) is 7.11 Å². The van der Waals surface area contributed by atoms with Crippen molar-refractivity contribution >= 4 is 34.9 Å². The van der Waals surface area contributed by atoms with Crippen LogP contribution in [0, 0.1) is 0 Å². The van der Waals surface area contributed by atoms with Gasteiger partial charge in [-0.3, -0.25) is 0 Å². The van der Waals surface area contributed by atoms with Crippen LogP contribution in [0.3, 0.4) is 0 Å². The number of imidazole rings is 1. The molecule has 0 spiro atoms. The summed E-state index contributed by atoms with van der Waals surface area (Å²) in [4.78, 5) is 16.6. The molecule has 0 atom stereocenters. The van der Waals surface area contributed by atoms with Gasteiger partial charge in [-0.1, -0.05) is 59.6 Å². The molecule has 0 saturated heterocycles. The minimum atomic E-state index is -0.484. The number of nitrogens with two attached hydrogens (primary N) is 1. The number of methoxy groups -OCH3 is 1. The van der Waals surface area contributed by atoms with Crippen molar-refractivity contribution in [1.29, 1.82) is 0 Å². The van der Waals surface area contributed by atoms with Crippen molar-refractivity contribution in [2.75, 3.05) is 12.8 Å². The molecule has 40 heavy (non-hydrogen) atoms. The summed E-state index contributed by atoms with van der Waals surface area (Å²) in [6.07, 6.45) is 2.73. The minimum absolute atomic E-state index is 0.299. The lowest BCUT2D eigenvalue weighted by atomic mass is 10.0. The van der Waals surface area contributed by atoms with Crippen molar-refractivity contribution in [3.05, 3.63) is 118 Å². The van der Waals surface area contributed by atoms with Crippen LogP contribution in [-0.4, -0.2) is 22.6 Å². The summed E-state index contributed by atoms with van der Waals surface area (Å²) in [5.74, 6) is 1.68. The van der Waals surface area contributed by atoms with Crippen LogP contribution in [0.2, 0.25) is 10.0 Å². The fourth-order valence-corrected chi connectivity index (χ4v) is 4.95. The van der Waals surface area contributed by atoms with E-state index in [1.54, 1.807) is 24.3 Å². The number of nitrogen functional groups attached to an aromatic ring is 1. The summed E-state index contributed by atoms with van der Waals surface area (Å²) in [5, 5.41) is 1.18. The molecule has 0 fully saturated rings. The zero-order valence-corrected chi connectivity index (χ0v) is 23.5. The lowest BCUT2D eigenvalue weighted by Crippen LogP contribution is -2.05. The molecule has 5 rings (SSSR count). The minimum Gasteiger partial charge on any atom is -0.465 e. The number of esters is 1. The molecule has 0 unspecified atom stereocenters. The third kappa shape index (κ3) is 5.98. The Balaban J connectivity index is 1.27. The number of hydrogen-bond donors (Lipinski definition) is 1. The highest BCUT2D eigenvalue weighted by atomic mass is 35.5. The molecule has 0 aliphatic carbocycles. The molecule has 1 heterocycles. The number of aromatic nitrogens is 2. The Labute approximate surface area is 242 Å². The molecule has 0 aliphatic heterocycles. The number of aryl methyl sites for hydroxylation is 1. The highest BCUT2D eigenvalue weighted by Crippen LogP contribution is 2.31. The fourth-order valence-electron chi connectivity index (χ4n) is 4.45. The van der Waals surface area contributed by atoms with Gasteiger partial charge >= 0.3 is 5.97 Å². The van der Waals surface area contributed by atoms with Gasteiger partial charge in [-0.15, -0.1) is 0 Å². The van der Waals surface area contributed by atoms with Gasteiger partial charge in [-0.25, -0.2) is 9.78 Å². The zero-order valence-electron chi connectivity index (χ0n) is 22.0. The number of carbonyl (C=O) groups excluding carboxylic acids is 1. The first kappa shape index (κ1) is 27.3. The van der Waals surface area contributed by atoms with Crippen LogP contribution in [0.1, 0.15) is 28.7 Å². The molecular formula is C32H27Cl2N3O3. The van der Waals surface area contributed by atoms with Gasteiger partial charge in [0, 0.05) is 41.5 Å². The number of benzene rings is 4. The number of hydrogen-bond acceptors (Lipinski definition) is 5. The Morgan fingerprint density at radius 1 is 0.900 bits per heavy atom. The van der Waals surface area contributed by atoms with Crippen LogP contribution in [0.25, 0.3) is 22.4 Å². The molecule has 0 radical (unpaired) electrons. The Bertz CT molecular complexity index is 1660. The molecular weight excluding hydrogens is 545 g/mol. The van der Waals surface area contributed by atoms with E-state index in [0.29, 0.717) is 39.2 Å². The first-order chi connectivity index (χ1) is 19.3. The Morgan fingerprint density at radius 2 is 1.57 bits per heavy atom. The molecule has 0 saturated carbocycles. The van der Waals surface area contributed by atoms with Crippen molar-refractivity contribution in [3.8, 4) is 33.9 Å². The van der Waals surface area contributed by atoms with Crippen LogP contribution in [0.4, 0.5) is 5.69 Å². The number of anilines is 1. The largest absolute Gasteiger partial charge is 0.465 e. The predicted molar refractivity (Wildman–Crippen MR) is 160 cm³/mol. The van der Waals surface area contributed by atoms with E-state index in [1.807, 2.05) is 42.6 Å². The average molecular weight is 572 g/mol. The van der Waals surface area contributed by atoms with Crippen LogP contribution < -0.4 is 10.5 Å². The van der Waals surface area contributed by atoms with Gasteiger partial charge in [-0.2, -0.15) is 0 Å². The van der Waals surface area contributed by atoms with E-state index in [0.717, 1.165) is 40.3 Å². The van der Waals surface area contributed by atoms with E-state index in [9.17, 15) is 4.79 Å². The number of halogens is 2. The summed E-state index contributed by atoms with van der Waals surface area (Å²) in [6.45, 7) is 2.91. The van der Waals surface area contributed by atoms with Gasteiger partial charge in [0.25, 0.3) is 0 Å². The topological polar surface area (TPSA) is 79.4 Å². The first-order valence-corrected chi connectivity index (χ1v) is 13.5. The molecule has 2 N–H and O–H groups in total. The molecule has 5 aromatic rings. The maximum absolute atomic E-state index is 11.7. The number of ether oxygens (including phenoxy) is 2. The third-order valence-corrected chi connectivity index (χ3v) is 7.12. The second kappa shape index (κ2) is 11.9. The molecule has 0 aliphatic rings. The van der Waals surface area contributed by atoms with Crippen LogP contribution >= 0.6 is 23.2 Å². The predicted octanol–water partition coefficient (Wildman–Crippen LogP) is 8.30. The van der Waals surface area contributed by atoms with E-state index >= 15 is 0 Å². The first-order valence-electron chi connectivity index (χ1n) is 12.7. The summed E-state index contributed by atoms with van der Waals surface area (Å²) in [6, 6.07) is 26.6. The SMILES string of the molecule is CCn1cc(-c2ccc(Cl)cc2Cl)nc1Cc1ccc(-c2ccc(Oc3ccc(C(=O)OC)c(N)c3)cc2)cc1. The maximum Gasteiger partial charge on any atom is 0.339 e. The number of rotatable bonds is 8. The second-order valence-electron chi connectivity index (χ2n) is 9.19. The monoisotopic (exact) mass is 571 g/mol. The quantitative estimate of drug-likeness (QED) is 0.150. The van der Waals surface area contributed by atoms with Crippen LogP contribution in [0.15, 0.2) is 91.1 Å². The van der Waals surface area contributed by atoms with Crippen molar-refractivity contribution in [1.82, 2.24) is 9.55 Å². The second-order valence-corrected chi connectivity index (χ2v) is 10.0. The number of carbonyl (C=O) groups is 1. The van der Waals surface area contributed by atoms with Crippen LogP contribution in [-0.2, 0) is 17.7 Å². The molecule has 0 bridgehead atoms. The molecule has 8 heteroatoms. The zero-order chi connectivity index (χ0) is 28.2. The molecule has 202 valence electrons. The third-order valence-electron chi connectivity index (χ3n) is 6.57. The van der Waals surface area contributed by atoms with Crippen LogP contribution in [0.5, 0.6) is 11.5 Å². The Kier molecular flexibility index (Phi) is 8.10. The smallest absolute Gasteiger partial charge is 0.339 e.